The van der Waals surface area contributed by atoms with Crippen LogP contribution in [0.4, 0.5) is 0 Å². The Bertz CT molecular complexity index is 1830. The lowest BCUT2D eigenvalue weighted by Gasteiger charge is -2.11. The highest BCUT2D eigenvalue weighted by Crippen LogP contribution is 2.31. The minimum atomic E-state index is -1.13. The normalized spacial score (nSPS) is 11.8. The van der Waals surface area contributed by atoms with E-state index in [2.05, 4.69) is 10.3 Å². The number of aliphatic carboxylic acids is 1. The Hall–Kier alpha value is -4.90. The summed E-state index contributed by atoms with van der Waals surface area (Å²) in [5, 5.41) is 18.9. The lowest BCUT2D eigenvalue weighted by Crippen LogP contribution is -2.27. The number of aryl methyl sites for hydroxylation is 1. The van der Waals surface area contributed by atoms with Gasteiger partial charge in [0.05, 0.1) is 23.3 Å². The first-order valence-corrected chi connectivity index (χ1v) is 13.6. The highest BCUT2D eigenvalue weighted by Gasteiger charge is 2.24. The molecule has 1 atom stereocenters. The van der Waals surface area contributed by atoms with Crippen molar-refractivity contribution in [2.24, 2.45) is 5.92 Å². The van der Waals surface area contributed by atoms with Gasteiger partial charge in [-0.25, -0.2) is 4.68 Å². The molecule has 0 saturated carbocycles. The summed E-state index contributed by atoms with van der Waals surface area (Å²) in [6.45, 7) is -0.149. The number of carboxylic acid groups (broad SMARTS) is 1. The first-order valence-electron chi connectivity index (χ1n) is 12.7. The number of carbonyl (C=O) groups excluding carboxylic acids is 2. The smallest absolute Gasteiger partial charge is 0.307 e. The maximum absolute atomic E-state index is 13.1. The van der Waals surface area contributed by atoms with E-state index >= 15 is 0 Å². The first-order chi connectivity index (χ1) is 19.8. The lowest BCUT2D eigenvalue weighted by atomic mass is 9.98. The molecular weight excluding hydrogens is 546 g/mol. The molecule has 0 fully saturated rings. The zero-order valence-electron chi connectivity index (χ0n) is 22.0. The van der Waals surface area contributed by atoms with Crippen molar-refractivity contribution >= 4 is 49.9 Å². The summed E-state index contributed by atoms with van der Waals surface area (Å²) >= 11 is 1.23. The number of hydrogen-bond acceptors (Lipinski definition) is 9. The maximum Gasteiger partial charge on any atom is 0.307 e. The van der Waals surface area contributed by atoms with E-state index in [0.29, 0.717) is 32.8 Å². The van der Waals surface area contributed by atoms with Gasteiger partial charge < -0.3 is 14.6 Å². The van der Waals surface area contributed by atoms with E-state index in [1.165, 1.54) is 18.4 Å². The van der Waals surface area contributed by atoms with Gasteiger partial charge in [0.1, 0.15) is 17.0 Å². The number of ketones is 2. The number of fused-ring (bicyclic) bond motifs is 2. The molecule has 0 saturated heterocycles. The minimum absolute atomic E-state index is 0.0164. The van der Waals surface area contributed by atoms with Crippen molar-refractivity contribution in [1.82, 2.24) is 15.0 Å². The third-order valence-corrected chi connectivity index (χ3v) is 7.77. The highest BCUT2D eigenvalue weighted by atomic mass is 32.1. The van der Waals surface area contributed by atoms with E-state index in [0.717, 1.165) is 14.8 Å². The summed E-state index contributed by atoms with van der Waals surface area (Å²) in [6.07, 6.45) is -0.186. The molecule has 2 heterocycles. The molecule has 0 aliphatic carbocycles. The van der Waals surface area contributed by atoms with Gasteiger partial charge in [-0.05, 0) is 60.3 Å². The van der Waals surface area contributed by atoms with Crippen molar-refractivity contribution < 1.29 is 29.0 Å². The number of ether oxygens (including phenoxy) is 2. The van der Waals surface area contributed by atoms with Gasteiger partial charge in [-0.1, -0.05) is 29.5 Å². The standard InChI is InChI=1S/C30H25N3O7S/c1-39-21-6-4-5-18(13-21)26(35)17-40-22-10-9-19-15-28(41-27(19)16-22)25(34)14-20(30(37)38)11-12-33-29(36)23-7-2-3-8-24(23)31-32-33/h2-10,13,15-16,20H,11-12,14,17H2,1H3,(H,37,38). The largest absolute Gasteiger partial charge is 0.497 e. The molecule has 41 heavy (non-hydrogen) atoms. The second-order valence-electron chi connectivity index (χ2n) is 9.34. The molecule has 0 radical (unpaired) electrons. The molecule has 0 spiro atoms. The van der Waals surface area contributed by atoms with Crippen molar-refractivity contribution in [3.8, 4) is 11.5 Å². The minimum Gasteiger partial charge on any atom is -0.497 e. The van der Waals surface area contributed by atoms with E-state index in [1.54, 1.807) is 72.8 Å². The number of Topliss-reactive ketones (excluding diaryl/α,β-unsaturated/α-hetero) is 2. The Morgan fingerprint density at radius 1 is 0.976 bits per heavy atom. The van der Waals surface area contributed by atoms with Crippen molar-refractivity contribution in [2.45, 2.75) is 19.4 Å². The van der Waals surface area contributed by atoms with E-state index < -0.39 is 11.9 Å². The van der Waals surface area contributed by atoms with Gasteiger partial charge in [0.25, 0.3) is 5.56 Å². The maximum atomic E-state index is 13.1. The monoisotopic (exact) mass is 571 g/mol. The van der Waals surface area contributed by atoms with Gasteiger partial charge in [0, 0.05) is 23.2 Å². The number of carboxylic acids is 1. The van der Waals surface area contributed by atoms with E-state index in [4.69, 9.17) is 9.47 Å². The fourth-order valence-electron chi connectivity index (χ4n) is 4.35. The fourth-order valence-corrected chi connectivity index (χ4v) is 5.39. The van der Waals surface area contributed by atoms with Crippen LogP contribution in [0, 0.1) is 5.92 Å². The van der Waals surface area contributed by atoms with Crippen LogP contribution in [0.15, 0.2) is 77.6 Å². The molecule has 11 heteroatoms. The predicted octanol–water partition coefficient (Wildman–Crippen LogP) is 4.64. The highest BCUT2D eigenvalue weighted by molar-refractivity contribution is 7.20. The summed E-state index contributed by atoms with van der Waals surface area (Å²) in [5.74, 6) is -1.60. The summed E-state index contributed by atoms with van der Waals surface area (Å²) in [7, 11) is 1.53. The Kier molecular flexibility index (Phi) is 8.16. The number of benzene rings is 3. The van der Waals surface area contributed by atoms with Crippen molar-refractivity contribution in [3.63, 3.8) is 0 Å². The Labute approximate surface area is 237 Å². The van der Waals surface area contributed by atoms with Gasteiger partial charge in [-0.15, -0.1) is 16.4 Å². The van der Waals surface area contributed by atoms with Crippen molar-refractivity contribution in [3.05, 3.63) is 93.6 Å². The molecule has 5 aromatic rings. The zero-order chi connectivity index (χ0) is 28.9. The van der Waals surface area contributed by atoms with Gasteiger partial charge in [-0.3, -0.25) is 19.2 Å². The summed E-state index contributed by atoms with van der Waals surface area (Å²) < 4.78 is 12.7. The molecule has 3 aromatic carbocycles. The van der Waals surface area contributed by atoms with Gasteiger partial charge in [0.2, 0.25) is 0 Å². The number of thiophene rings is 1. The van der Waals surface area contributed by atoms with Gasteiger partial charge >= 0.3 is 5.97 Å². The quantitative estimate of drug-likeness (QED) is 0.212. The van der Waals surface area contributed by atoms with E-state index in [1.807, 2.05) is 0 Å². The zero-order valence-corrected chi connectivity index (χ0v) is 22.8. The molecule has 2 aromatic heterocycles. The topological polar surface area (TPSA) is 138 Å². The average Bonchev–Trinajstić information content (AvgIpc) is 3.42. The molecule has 0 bridgehead atoms. The molecule has 208 valence electrons. The van der Waals surface area contributed by atoms with Crippen LogP contribution in [0.1, 0.15) is 32.9 Å². The van der Waals surface area contributed by atoms with E-state index in [9.17, 15) is 24.3 Å². The molecular formula is C30H25N3O7S. The molecule has 1 unspecified atom stereocenters. The summed E-state index contributed by atoms with van der Waals surface area (Å²) in [4.78, 5) is 50.6. The van der Waals surface area contributed by atoms with Crippen LogP contribution < -0.4 is 15.0 Å². The number of hydrogen-bond donors (Lipinski definition) is 1. The van der Waals surface area contributed by atoms with Crippen LogP contribution in [-0.4, -0.2) is 51.4 Å². The Morgan fingerprint density at radius 3 is 2.61 bits per heavy atom. The van der Waals surface area contributed by atoms with Crippen molar-refractivity contribution in [2.75, 3.05) is 13.7 Å². The number of methoxy groups -OCH3 is 1. The van der Waals surface area contributed by atoms with Crippen LogP contribution >= 0.6 is 11.3 Å². The predicted molar refractivity (Wildman–Crippen MR) is 153 cm³/mol. The van der Waals surface area contributed by atoms with Crippen LogP contribution in [0.25, 0.3) is 21.0 Å². The second-order valence-corrected chi connectivity index (χ2v) is 10.4. The average molecular weight is 572 g/mol. The number of nitrogens with zero attached hydrogens (tertiary/aromatic N) is 3. The number of rotatable bonds is 12. The van der Waals surface area contributed by atoms with Crippen LogP contribution in [-0.2, 0) is 11.3 Å². The fraction of sp³-hybridized carbons (Fsp3) is 0.200. The van der Waals surface area contributed by atoms with E-state index in [-0.39, 0.29) is 43.1 Å². The van der Waals surface area contributed by atoms with Crippen LogP contribution in [0.3, 0.4) is 0 Å². The number of carbonyl (C=O) groups is 3. The third-order valence-electron chi connectivity index (χ3n) is 6.63. The molecule has 0 aliphatic heterocycles. The summed E-state index contributed by atoms with van der Waals surface area (Å²) in [6, 6.07) is 20.5. The van der Waals surface area contributed by atoms with Crippen LogP contribution in [0.2, 0.25) is 0 Å². The molecule has 10 nitrogen and oxygen atoms in total. The summed E-state index contributed by atoms with van der Waals surface area (Å²) in [5.41, 5.74) is 0.569. The first kappa shape index (κ1) is 27.7. The Balaban J connectivity index is 1.23. The SMILES string of the molecule is COc1cccc(C(=O)COc2ccc3cc(C(=O)CC(CCn4nnc5ccccc5c4=O)C(=O)O)sc3c2)c1. The molecule has 1 N–H and O–H groups in total. The van der Waals surface area contributed by atoms with Crippen LogP contribution in [0.5, 0.6) is 11.5 Å². The third kappa shape index (κ3) is 6.30. The molecule has 0 aliphatic rings. The number of aromatic nitrogens is 3. The lowest BCUT2D eigenvalue weighted by molar-refractivity contribution is -0.142. The Morgan fingerprint density at radius 2 is 1.80 bits per heavy atom. The second kappa shape index (κ2) is 12.1. The molecule has 0 amide bonds. The molecule has 5 rings (SSSR count). The van der Waals surface area contributed by atoms with Crippen molar-refractivity contribution in [1.29, 1.82) is 0 Å². The van der Waals surface area contributed by atoms with Gasteiger partial charge in [0.15, 0.2) is 18.2 Å². The van der Waals surface area contributed by atoms with Gasteiger partial charge in [-0.2, -0.15) is 0 Å².